The van der Waals surface area contributed by atoms with Crippen molar-refractivity contribution in [3.63, 3.8) is 0 Å². The first-order chi connectivity index (χ1) is 6.61. The van der Waals surface area contributed by atoms with Crippen molar-refractivity contribution >= 4 is 22.9 Å². The van der Waals surface area contributed by atoms with Crippen molar-refractivity contribution in [3.8, 4) is 0 Å². The molecule has 0 bridgehead atoms. The van der Waals surface area contributed by atoms with Crippen LogP contribution in [0.4, 0.5) is 0 Å². The molecule has 5 heteroatoms. The van der Waals surface area contributed by atoms with Crippen molar-refractivity contribution in [3.05, 3.63) is 9.47 Å². The summed E-state index contributed by atoms with van der Waals surface area (Å²) in [4.78, 5) is 2.25. The van der Waals surface area contributed by atoms with Gasteiger partial charge in [0.05, 0.1) is 6.54 Å². The van der Waals surface area contributed by atoms with Gasteiger partial charge in [0.1, 0.15) is 5.01 Å². The van der Waals surface area contributed by atoms with Gasteiger partial charge in [-0.1, -0.05) is 31.6 Å². The van der Waals surface area contributed by atoms with Crippen LogP contribution in [0.2, 0.25) is 4.47 Å². The lowest BCUT2D eigenvalue weighted by Gasteiger charge is -2.18. The molecule has 0 fully saturated rings. The third kappa shape index (κ3) is 3.90. The van der Waals surface area contributed by atoms with Gasteiger partial charge in [-0.05, 0) is 24.6 Å². The Labute approximate surface area is 94.1 Å². The zero-order valence-electron chi connectivity index (χ0n) is 8.83. The van der Waals surface area contributed by atoms with E-state index in [-0.39, 0.29) is 0 Å². The van der Waals surface area contributed by atoms with E-state index in [4.69, 9.17) is 11.6 Å². The molecule has 0 aliphatic carbocycles. The predicted octanol–water partition coefficient (Wildman–Crippen LogP) is 2.67. The molecule has 1 unspecified atom stereocenters. The Morgan fingerprint density at radius 2 is 2.21 bits per heavy atom. The number of hydrogen-bond acceptors (Lipinski definition) is 4. The molecule has 3 nitrogen and oxygen atoms in total. The largest absolute Gasteiger partial charge is 0.299 e. The monoisotopic (exact) mass is 233 g/mol. The van der Waals surface area contributed by atoms with Gasteiger partial charge in [-0.15, -0.1) is 10.2 Å². The molecule has 80 valence electrons. The minimum absolute atomic E-state index is 0.525. The van der Waals surface area contributed by atoms with Crippen molar-refractivity contribution < 1.29 is 0 Å². The van der Waals surface area contributed by atoms with E-state index >= 15 is 0 Å². The molecule has 1 rings (SSSR count). The van der Waals surface area contributed by atoms with E-state index in [1.807, 2.05) is 0 Å². The molecule has 0 saturated carbocycles. The van der Waals surface area contributed by atoms with Crippen LogP contribution in [0.1, 0.15) is 25.3 Å². The quantitative estimate of drug-likeness (QED) is 0.783. The van der Waals surface area contributed by atoms with Crippen molar-refractivity contribution in [2.24, 2.45) is 5.92 Å². The van der Waals surface area contributed by atoms with E-state index in [0.29, 0.717) is 4.47 Å². The number of halogens is 1. The van der Waals surface area contributed by atoms with Crippen LogP contribution in [-0.4, -0.2) is 28.7 Å². The summed E-state index contributed by atoms with van der Waals surface area (Å²) < 4.78 is 0.525. The Morgan fingerprint density at radius 1 is 1.50 bits per heavy atom. The Morgan fingerprint density at radius 3 is 2.71 bits per heavy atom. The molecule has 14 heavy (non-hydrogen) atoms. The van der Waals surface area contributed by atoms with Crippen LogP contribution in [0, 0.1) is 5.92 Å². The Hall–Kier alpha value is -0.190. The lowest BCUT2D eigenvalue weighted by molar-refractivity contribution is 0.274. The van der Waals surface area contributed by atoms with Crippen molar-refractivity contribution in [2.75, 3.05) is 13.6 Å². The number of rotatable bonds is 5. The summed E-state index contributed by atoms with van der Waals surface area (Å²) in [5.41, 5.74) is 0. The summed E-state index contributed by atoms with van der Waals surface area (Å²) in [6.07, 6.45) is 1.21. The molecule has 0 spiro atoms. The van der Waals surface area contributed by atoms with Gasteiger partial charge in [0.25, 0.3) is 0 Å². The summed E-state index contributed by atoms with van der Waals surface area (Å²) >= 11 is 7.16. The normalized spacial score (nSPS) is 13.5. The highest BCUT2D eigenvalue weighted by atomic mass is 35.5. The third-order valence-electron chi connectivity index (χ3n) is 2.17. The molecule has 1 heterocycles. The highest BCUT2D eigenvalue weighted by molar-refractivity contribution is 7.15. The molecule has 0 amide bonds. The van der Waals surface area contributed by atoms with Crippen LogP contribution >= 0.6 is 22.9 Å². The first kappa shape index (κ1) is 11.9. The van der Waals surface area contributed by atoms with Gasteiger partial charge in [0.2, 0.25) is 4.47 Å². The van der Waals surface area contributed by atoms with Crippen LogP contribution in [0.5, 0.6) is 0 Å². The fraction of sp³-hybridized carbons (Fsp3) is 0.778. The maximum atomic E-state index is 5.70. The van der Waals surface area contributed by atoms with Crippen molar-refractivity contribution in [2.45, 2.75) is 26.8 Å². The van der Waals surface area contributed by atoms with Gasteiger partial charge < -0.3 is 0 Å². The van der Waals surface area contributed by atoms with Gasteiger partial charge in [-0.3, -0.25) is 4.90 Å². The van der Waals surface area contributed by atoms with Crippen LogP contribution < -0.4 is 0 Å². The first-order valence-electron chi connectivity index (χ1n) is 4.78. The number of hydrogen-bond donors (Lipinski definition) is 0. The van der Waals surface area contributed by atoms with Gasteiger partial charge in [-0.25, -0.2) is 0 Å². The standard InChI is InChI=1S/C9H16ClN3S/c1-4-7(2)5-13(3)6-8-11-12-9(10)14-8/h7H,4-6H2,1-3H3. The van der Waals surface area contributed by atoms with Gasteiger partial charge in [0, 0.05) is 6.54 Å². The maximum Gasteiger partial charge on any atom is 0.207 e. The summed E-state index contributed by atoms with van der Waals surface area (Å²) in [5, 5.41) is 8.75. The smallest absolute Gasteiger partial charge is 0.207 e. The van der Waals surface area contributed by atoms with E-state index in [2.05, 4.69) is 36.0 Å². The van der Waals surface area contributed by atoms with Gasteiger partial charge in [-0.2, -0.15) is 0 Å². The zero-order chi connectivity index (χ0) is 10.6. The fourth-order valence-electron chi connectivity index (χ4n) is 1.25. The van der Waals surface area contributed by atoms with Crippen molar-refractivity contribution in [1.82, 2.24) is 15.1 Å². The van der Waals surface area contributed by atoms with E-state index in [1.54, 1.807) is 0 Å². The molecule has 0 aromatic carbocycles. The molecule has 0 radical (unpaired) electrons. The van der Waals surface area contributed by atoms with Crippen molar-refractivity contribution in [1.29, 1.82) is 0 Å². The topological polar surface area (TPSA) is 29.0 Å². The number of nitrogens with zero attached hydrogens (tertiary/aromatic N) is 3. The summed E-state index contributed by atoms with van der Waals surface area (Å²) in [6.45, 7) is 6.40. The second-order valence-corrected chi connectivity index (χ2v) is 5.30. The number of aromatic nitrogens is 2. The Kier molecular flexibility index (Phi) is 4.78. The summed E-state index contributed by atoms with van der Waals surface area (Å²) in [7, 11) is 2.10. The minimum Gasteiger partial charge on any atom is -0.299 e. The van der Waals surface area contributed by atoms with Gasteiger partial charge >= 0.3 is 0 Å². The van der Waals surface area contributed by atoms with E-state index in [0.717, 1.165) is 24.0 Å². The summed E-state index contributed by atoms with van der Waals surface area (Å²) in [5.74, 6) is 0.725. The molecule has 0 N–H and O–H groups in total. The zero-order valence-corrected chi connectivity index (χ0v) is 10.4. The minimum atomic E-state index is 0.525. The first-order valence-corrected chi connectivity index (χ1v) is 5.97. The molecular formula is C9H16ClN3S. The average Bonchev–Trinajstić information content (AvgIpc) is 2.50. The highest BCUT2D eigenvalue weighted by Crippen LogP contribution is 2.16. The van der Waals surface area contributed by atoms with Crippen LogP contribution in [0.3, 0.4) is 0 Å². The second-order valence-electron chi connectivity index (χ2n) is 3.66. The van der Waals surface area contributed by atoms with Crippen LogP contribution in [-0.2, 0) is 6.54 Å². The molecule has 1 atom stereocenters. The molecule has 0 aliphatic heterocycles. The molecular weight excluding hydrogens is 218 g/mol. The summed E-state index contributed by atoms with van der Waals surface area (Å²) in [6, 6.07) is 0. The fourth-order valence-corrected chi connectivity index (χ4v) is 2.20. The van der Waals surface area contributed by atoms with Gasteiger partial charge in [0.15, 0.2) is 0 Å². The van der Waals surface area contributed by atoms with E-state index < -0.39 is 0 Å². The lowest BCUT2D eigenvalue weighted by atomic mass is 10.1. The van der Waals surface area contributed by atoms with E-state index in [1.165, 1.54) is 17.8 Å². The Balaban J connectivity index is 2.37. The predicted molar refractivity (Wildman–Crippen MR) is 60.7 cm³/mol. The molecule has 0 aliphatic rings. The molecule has 1 aromatic heterocycles. The molecule has 0 saturated heterocycles. The van der Waals surface area contributed by atoms with Crippen LogP contribution in [0.15, 0.2) is 0 Å². The van der Waals surface area contributed by atoms with Crippen LogP contribution in [0.25, 0.3) is 0 Å². The maximum absolute atomic E-state index is 5.70. The average molecular weight is 234 g/mol. The second kappa shape index (κ2) is 5.63. The lowest BCUT2D eigenvalue weighted by Crippen LogP contribution is -2.23. The SMILES string of the molecule is CCC(C)CN(C)Cc1nnc(Cl)s1. The highest BCUT2D eigenvalue weighted by Gasteiger charge is 2.08. The third-order valence-corrected chi connectivity index (χ3v) is 3.17. The molecule has 1 aromatic rings. The Bertz CT molecular complexity index is 277. The van der Waals surface area contributed by atoms with E-state index in [9.17, 15) is 0 Å².